The maximum absolute atomic E-state index is 12.6. The predicted octanol–water partition coefficient (Wildman–Crippen LogP) is 4.76. The van der Waals surface area contributed by atoms with Crippen LogP contribution in [-0.2, 0) is 76.9 Å². The number of unbranched alkanes of at least 4 members (excludes halogenated alkanes) is 1. The third kappa shape index (κ3) is 13.4. The Hall–Kier alpha value is -4.40. The van der Waals surface area contributed by atoms with Crippen LogP contribution in [0.15, 0.2) is 100 Å². The van der Waals surface area contributed by atoms with Gasteiger partial charge in [0.05, 0.1) is 26.7 Å². The molecular weight excluding hydrogens is 1000 g/mol. The molecule has 70 heavy (non-hydrogen) atoms. The van der Waals surface area contributed by atoms with Crippen molar-refractivity contribution in [2.75, 3.05) is 29.5 Å². The second kappa shape index (κ2) is 21.8. The molecule has 24 heteroatoms. The molecule has 6 rings (SSSR count). The van der Waals surface area contributed by atoms with E-state index < -0.39 is 85.5 Å². The Morgan fingerprint density at radius 3 is 2.03 bits per heavy atom. The Kier molecular flexibility index (Phi) is 17.6. The van der Waals surface area contributed by atoms with Gasteiger partial charge in [-0.15, -0.1) is 5.06 Å². The number of anilines is 1. The standard InChI is InChI=1S/C46H53N3O16S4.Na.H/c1-45(2)36-29-33(68(59,60)61)17-19-38(36)47(25-9-27-66(53,54)55)40(45)21-15-32(35-13-7-5-11-31(35)12-6-8-14-44(52)65-49-42(50)23-24-43(49)51)16-22-41-46(3,4)37-30-34(69(62,63)64)18-20-39(37)48(41)26-10-28-67(56,57)58;;/h5,7,11,13,15-22,29-30H,6,8-10,12,14,23-28H2,1-4H3,(H3-,53,54,55,56,57,58,59,60,61,62,63,64);;. The minimum atomic E-state index is -4.88. The number of fused-ring (bicyclic) bond motifs is 2. The van der Waals surface area contributed by atoms with Gasteiger partial charge in [-0.05, 0) is 104 Å². The molecule has 0 spiro atoms. The Morgan fingerprint density at radius 1 is 0.786 bits per heavy atom. The molecule has 1 saturated heterocycles. The predicted molar refractivity (Wildman–Crippen MR) is 259 cm³/mol. The molecule has 0 bridgehead atoms. The van der Waals surface area contributed by atoms with Crippen LogP contribution in [0.5, 0.6) is 0 Å². The van der Waals surface area contributed by atoms with Crippen LogP contribution in [0.4, 0.5) is 11.4 Å². The van der Waals surface area contributed by atoms with E-state index in [-0.39, 0.29) is 79.6 Å². The summed E-state index contributed by atoms with van der Waals surface area (Å²) in [6.07, 6.45) is 8.09. The number of carbonyl (C=O) groups is 3. The molecule has 3 N–H and O–H groups in total. The molecular formula is C46H54N3NaO16S4. The van der Waals surface area contributed by atoms with Crippen molar-refractivity contribution in [2.24, 2.45) is 0 Å². The van der Waals surface area contributed by atoms with Crippen molar-refractivity contribution >= 4 is 110 Å². The first-order chi connectivity index (χ1) is 32.0. The zero-order valence-corrected chi connectivity index (χ0v) is 41.5. The molecule has 3 heterocycles. The molecule has 0 aliphatic carbocycles. The second-order valence-corrected chi connectivity index (χ2v) is 23.9. The number of amides is 2. The average molecular weight is 1060 g/mol. The van der Waals surface area contributed by atoms with Crippen molar-refractivity contribution in [3.05, 3.63) is 113 Å². The molecule has 0 aromatic heterocycles. The number of hydroxylamine groups is 2. The number of rotatable bonds is 20. The SMILES string of the molecule is CC1(C)C(=CC=C(C=CC2=[N+](CCCS(=O)(=O)O)c3ccc(S(=O)(=O)[O-])cc3C2(C)C)c2ccccc2CCCCC(=O)ON2C(=O)CCC2=O)N(CCCS(=O)(=O)O)c2ccc(S(=O)(=O)O)cc21.[NaH]. The van der Waals surface area contributed by atoms with Crippen molar-refractivity contribution in [1.82, 2.24) is 5.06 Å². The molecule has 19 nitrogen and oxygen atoms in total. The number of hydrogen-bond donors (Lipinski definition) is 3. The van der Waals surface area contributed by atoms with Crippen molar-refractivity contribution in [3.63, 3.8) is 0 Å². The Morgan fingerprint density at radius 2 is 1.40 bits per heavy atom. The fourth-order valence-corrected chi connectivity index (χ4v) is 10.9. The quantitative estimate of drug-likeness (QED) is 0.0343. The van der Waals surface area contributed by atoms with E-state index in [2.05, 4.69) is 0 Å². The van der Waals surface area contributed by atoms with E-state index in [9.17, 15) is 66.3 Å². The van der Waals surface area contributed by atoms with Crippen LogP contribution < -0.4 is 4.90 Å². The topological polar surface area (TPSA) is 290 Å². The van der Waals surface area contributed by atoms with Crippen LogP contribution in [-0.4, -0.2) is 139 Å². The van der Waals surface area contributed by atoms with Gasteiger partial charge in [-0.2, -0.15) is 29.8 Å². The summed E-state index contributed by atoms with van der Waals surface area (Å²) in [5.74, 6) is -3.08. The number of aryl methyl sites for hydroxylation is 1. The van der Waals surface area contributed by atoms with E-state index >= 15 is 0 Å². The first kappa shape index (κ1) is 56.5. The number of nitrogens with zero attached hydrogens (tertiary/aromatic N) is 3. The summed E-state index contributed by atoms with van der Waals surface area (Å²) in [7, 11) is -18.2. The van der Waals surface area contributed by atoms with Crippen molar-refractivity contribution < 1.29 is 75.7 Å². The van der Waals surface area contributed by atoms with Crippen LogP contribution in [0.3, 0.4) is 0 Å². The van der Waals surface area contributed by atoms with Crippen LogP contribution in [0.1, 0.15) is 94.9 Å². The zero-order chi connectivity index (χ0) is 50.9. The summed E-state index contributed by atoms with van der Waals surface area (Å²) >= 11 is 0. The third-order valence-corrected chi connectivity index (χ3v) is 15.6. The van der Waals surface area contributed by atoms with E-state index in [0.717, 1.165) is 5.56 Å². The van der Waals surface area contributed by atoms with Crippen molar-refractivity contribution in [2.45, 2.75) is 99.7 Å². The fourth-order valence-electron chi connectivity index (χ4n) is 8.90. The molecule has 0 atom stereocenters. The summed E-state index contributed by atoms with van der Waals surface area (Å²) in [5.41, 5.74) is 3.27. The Balaban J connectivity index is 0.00000913. The molecule has 3 aliphatic rings. The molecule has 374 valence electrons. The first-order valence-electron chi connectivity index (χ1n) is 21.8. The monoisotopic (exact) mass is 1060 g/mol. The van der Waals surface area contributed by atoms with Gasteiger partial charge in [0.1, 0.15) is 16.7 Å². The normalized spacial score (nSPS) is 17.7. The molecule has 3 aromatic carbocycles. The number of benzene rings is 3. The third-order valence-electron chi connectivity index (χ3n) is 12.3. The van der Waals surface area contributed by atoms with E-state index in [1.54, 1.807) is 53.7 Å². The van der Waals surface area contributed by atoms with Crippen molar-refractivity contribution in [3.8, 4) is 0 Å². The van der Waals surface area contributed by atoms with E-state index in [1.807, 2.05) is 32.0 Å². The number of hydrogen-bond acceptors (Lipinski definition) is 14. The van der Waals surface area contributed by atoms with Crippen LogP contribution >= 0.6 is 0 Å². The summed E-state index contributed by atoms with van der Waals surface area (Å²) in [4.78, 5) is 42.6. The summed E-state index contributed by atoms with van der Waals surface area (Å²) in [6, 6.07) is 15.3. The zero-order valence-electron chi connectivity index (χ0n) is 38.2. The van der Waals surface area contributed by atoms with Gasteiger partial charge >= 0.3 is 35.5 Å². The van der Waals surface area contributed by atoms with Crippen LogP contribution in [0.2, 0.25) is 0 Å². The molecule has 2 amide bonds. The first-order valence-corrected chi connectivity index (χ1v) is 27.9. The molecule has 1 fully saturated rings. The Labute approximate surface area is 430 Å². The van der Waals surface area contributed by atoms with Gasteiger partial charge in [-0.25, -0.2) is 13.2 Å². The maximum atomic E-state index is 12.6. The van der Waals surface area contributed by atoms with Gasteiger partial charge in [0.25, 0.3) is 42.2 Å². The second-order valence-electron chi connectivity index (χ2n) is 17.9. The minimum absolute atomic E-state index is 0. The van der Waals surface area contributed by atoms with E-state index in [1.165, 1.54) is 36.4 Å². The molecule has 0 unspecified atom stereocenters. The van der Waals surface area contributed by atoms with Gasteiger partial charge in [-0.1, -0.05) is 44.2 Å². The van der Waals surface area contributed by atoms with Crippen LogP contribution in [0, 0.1) is 0 Å². The summed E-state index contributed by atoms with van der Waals surface area (Å²) in [5, 5.41) is 0.491. The number of imide groups is 1. The van der Waals surface area contributed by atoms with Gasteiger partial charge in [0.2, 0.25) is 5.69 Å². The van der Waals surface area contributed by atoms with Crippen molar-refractivity contribution in [1.29, 1.82) is 0 Å². The van der Waals surface area contributed by atoms with Gasteiger partial charge in [0.15, 0.2) is 5.71 Å². The number of carbonyl (C=O) groups excluding carboxylic acids is 3. The van der Waals surface area contributed by atoms with Crippen LogP contribution in [0.25, 0.3) is 5.57 Å². The Bertz CT molecular complexity index is 3160. The van der Waals surface area contributed by atoms with E-state index in [0.29, 0.717) is 69.4 Å². The van der Waals surface area contributed by atoms with Gasteiger partial charge in [-0.3, -0.25) is 23.2 Å². The molecule has 3 aliphatic heterocycles. The molecule has 0 saturated carbocycles. The van der Waals surface area contributed by atoms with Gasteiger partial charge < -0.3 is 14.3 Å². The average Bonchev–Trinajstić information content (AvgIpc) is 3.75. The molecule has 3 aromatic rings. The molecule has 0 radical (unpaired) electrons. The van der Waals surface area contributed by atoms with E-state index in [4.69, 9.17) is 4.84 Å². The summed E-state index contributed by atoms with van der Waals surface area (Å²) in [6.45, 7) is 7.37. The summed E-state index contributed by atoms with van der Waals surface area (Å²) < 4.78 is 139. The fraction of sp³-hybridized carbons (Fsp3) is 0.391. The number of allylic oxidation sites excluding steroid dienone is 6. The van der Waals surface area contributed by atoms with Gasteiger partial charge in [0, 0.05) is 66.7 Å².